The Morgan fingerprint density at radius 3 is 2.78 bits per heavy atom. The number of benzene rings is 1. The summed E-state index contributed by atoms with van der Waals surface area (Å²) in [7, 11) is 0. The molecule has 0 bridgehead atoms. The predicted octanol–water partition coefficient (Wildman–Crippen LogP) is 4.07. The molecule has 0 atom stereocenters. The first-order valence-electron chi connectivity index (χ1n) is 9.52. The smallest absolute Gasteiger partial charge is 0.189 e. The second kappa shape index (κ2) is 9.33. The van der Waals surface area contributed by atoms with Gasteiger partial charge in [0.15, 0.2) is 5.78 Å². The highest BCUT2D eigenvalue weighted by atomic mass is 16.5. The van der Waals surface area contributed by atoms with Crippen LogP contribution in [0.5, 0.6) is 11.5 Å². The lowest BCUT2D eigenvalue weighted by Crippen LogP contribution is -2.29. The molecular formula is C22H26N2O3. The summed E-state index contributed by atoms with van der Waals surface area (Å²) >= 11 is 0. The van der Waals surface area contributed by atoms with E-state index in [4.69, 9.17) is 4.74 Å². The zero-order valence-electron chi connectivity index (χ0n) is 15.7. The average Bonchev–Trinajstić information content (AvgIpc) is 2.70. The van der Waals surface area contributed by atoms with Gasteiger partial charge in [-0.15, -0.1) is 0 Å². The van der Waals surface area contributed by atoms with Gasteiger partial charge in [0.1, 0.15) is 11.5 Å². The average molecular weight is 366 g/mol. The third kappa shape index (κ3) is 5.17. The van der Waals surface area contributed by atoms with Crippen LogP contribution in [0, 0.1) is 0 Å². The number of aromatic hydroxyl groups is 1. The molecule has 2 aromatic rings. The Bertz CT molecular complexity index is 797. The number of rotatable bonds is 7. The van der Waals surface area contributed by atoms with Crippen molar-refractivity contribution in [3.8, 4) is 11.5 Å². The number of nitrogens with zero attached hydrogens (tertiary/aromatic N) is 2. The van der Waals surface area contributed by atoms with E-state index >= 15 is 0 Å². The monoisotopic (exact) mass is 366 g/mol. The summed E-state index contributed by atoms with van der Waals surface area (Å²) in [5.41, 5.74) is 1.92. The van der Waals surface area contributed by atoms with Gasteiger partial charge in [-0.1, -0.05) is 12.5 Å². The molecule has 1 saturated heterocycles. The molecule has 3 rings (SSSR count). The van der Waals surface area contributed by atoms with Gasteiger partial charge in [0.2, 0.25) is 0 Å². The lowest BCUT2D eigenvalue weighted by atomic mass is 10.0. The van der Waals surface area contributed by atoms with Gasteiger partial charge in [0, 0.05) is 24.4 Å². The number of aromatic nitrogens is 1. The molecule has 0 saturated carbocycles. The second-order valence-electron chi connectivity index (χ2n) is 6.70. The van der Waals surface area contributed by atoms with Gasteiger partial charge in [-0.2, -0.15) is 0 Å². The summed E-state index contributed by atoms with van der Waals surface area (Å²) in [6.45, 7) is 5.25. The van der Waals surface area contributed by atoms with Gasteiger partial charge in [0.25, 0.3) is 0 Å². The van der Waals surface area contributed by atoms with E-state index in [2.05, 4.69) is 9.88 Å². The zero-order chi connectivity index (χ0) is 19.1. The van der Waals surface area contributed by atoms with Crippen LogP contribution < -0.4 is 4.74 Å². The standard InChI is InChI=1S/C22H26N2O3/c1-2-27-22-15-21(26)19(14-17(22)16-24-12-6-3-7-13-24)20(25)10-9-18-8-4-5-11-23-18/h4-5,8-11,14-15,26H,2-3,6-7,12-13,16H2,1H3/b10-9+. The van der Waals surface area contributed by atoms with Crippen LogP contribution in [0.15, 0.2) is 42.6 Å². The molecule has 1 aromatic heterocycles. The van der Waals surface area contributed by atoms with E-state index in [1.54, 1.807) is 24.4 Å². The molecule has 27 heavy (non-hydrogen) atoms. The summed E-state index contributed by atoms with van der Waals surface area (Å²) in [5, 5.41) is 10.4. The molecule has 1 aliphatic heterocycles. The molecule has 0 unspecified atom stereocenters. The Morgan fingerprint density at radius 2 is 2.07 bits per heavy atom. The van der Waals surface area contributed by atoms with Gasteiger partial charge in [0.05, 0.1) is 17.9 Å². The predicted molar refractivity (Wildman–Crippen MR) is 106 cm³/mol. The molecule has 0 aliphatic carbocycles. The topological polar surface area (TPSA) is 62.7 Å². The molecule has 1 aliphatic rings. The summed E-state index contributed by atoms with van der Waals surface area (Å²) in [6, 6.07) is 8.83. The number of ether oxygens (including phenoxy) is 1. The number of carbonyl (C=O) groups is 1. The van der Waals surface area contributed by atoms with Crippen LogP contribution in [0.1, 0.15) is 47.8 Å². The summed E-state index contributed by atoms with van der Waals surface area (Å²) in [4.78, 5) is 19.2. The largest absolute Gasteiger partial charge is 0.507 e. The van der Waals surface area contributed by atoms with E-state index < -0.39 is 0 Å². The normalized spacial score (nSPS) is 15.1. The van der Waals surface area contributed by atoms with E-state index in [0.29, 0.717) is 18.1 Å². The van der Waals surface area contributed by atoms with Crippen LogP contribution in [0.2, 0.25) is 0 Å². The van der Waals surface area contributed by atoms with Gasteiger partial charge >= 0.3 is 0 Å². The van der Waals surface area contributed by atoms with Gasteiger partial charge in [-0.25, -0.2) is 0 Å². The van der Waals surface area contributed by atoms with Gasteiger partial charge in [-0.05, 0) is 63.2 Å². The van der Waals surface area contributed by atoms with Crippen LogP contribution in [0.3, 0.4) is 0 Å². The van der Waals surface area contributed by atoms with E-state index in [0.717, 1.165) is 25.2 Å². The van der Waals surface area contributed by atoms with E-state index in [1.807, 2.05) is 25.1 Å². The van der Waals surface area contributed by atoms with Crippen molar-refractivity contribution in [2.24, 2.45) is 0 Å². The maximum Gasteiger partial charge on any atom is 0.189 e. The number of likely N-dealkylation sites (tertiary alicyclic amines) is 1. The quantitative estimate of drug-likeness (QED) is 0.591. The van der Waals surface area contributed by atoms with Crippen molar-refractivity contribution in [1.82, 2.24) is 9.88 Å². The molecule has 0 spiro atoms. The van der Waals surface area contributed by atoms with E-state index in [-0.39, 0.29) is 17.1 Å². The van der Waals surface area contributed by atoms with Crippen molar-refractivity contribution < 1.29 is 14.6 Å². The first-order chi connectivity index (χ1) is 13.2. The lowest BCUT2D eigenvalue weighted by Gasteiger charge is -2.27. The summed E-state index contributed by atoms with van der Waals surface area (Å²) in [6.07, 6.45) is 8.44. The van der Waals surface area contributed by atoms with Crippen LogP contribution >= 0.6 is 0 Å². The van der Waals surface area contributed by atoms with E-state index in [9.17, 15) is 9.90 Å². The van der Waals surface area contributed by atoms with Crippen LogP contribution in [0.25, 0.3) is 6.08 Å². The van der Waals surface area contributed by atoms with Crippen molar-refractivity contribution >= 4 is 11.9 Å². The minimum absolute atomic E-state index is 0.0588. The molecule has 1 aromatic carbocycles. The number of ketones is 1. The van der Waals surface area contributed by atoms with Crippen molar-refractivity contribution in [2.45, 2.75) is 32.7 Å². The number of piperidine rings is 1. The Labute approximate surface area is 160 Å². The number of hydrogen-bond donors (Lipinski definition) is 1. The fourth-order valence-corrected chi connectivity index (χ4v) is 3.31. The van der Waals surface area contributed by atoms with Gasteiger partial charge < -0.3 is 9.84 Å². The van der Waals surface area contributed by atoms with Crippen molar-refractivity contribution in [1.29, 1.82) is 0 Å². The molecule has 2 heterocycles. The molecule has 1 N–H and O–H groups in total. The van der Waals surface area contributed by atoms with Gasteiger partial charge in [-0.3, -0.25) is 14.7 Å². The maximum absolute atomic E-state index is 12.6. The highest BCUT2D eigenvalue weighted by Crippen LogP contribution is 2.31. The molecular weight excluding hydrogens is 340 g/mol. The third-order valence-electron chi connectivity index (χ3n) is 4.68. The minimum Gasteiger partial charge on any atom is -0.507 e. The SMILES string of the molecule is CCOc1cc(O)c(C(=O)/C=C/c2ccccn2)cc1CN1CCCCC1. The Kier molecular flexibility index (Phi) is 6.60. The van der Waals surface area contributed by atoms with Crippen molar-refractivity contribution in [2.75, 3.05) is 19.7 Å². The first kappa shape index (κ1) is 19.1. The van der Waals surface area contributed by atoms with Crippen molar-refractivity contribution in [3.63, 3.8) is 0 Å². The second-order valence-corrected chi connectivity index (χ2v) is 6.70. The van der Waals surface area contributed by atoms with Crippen LogP contribution in [-0.4, -0.2) is 40.5 Å². The molecule has 5 nitrogen and oxygen atoms in total. The number of phenolic OH excluding ortho intramolecular Hbond substituents is 1. The summed E-state index contributed by atoms with van der Waals surface area (Å²) in [5.74, 6) is 0.337. The minimum atomic E-state index is -0.249. The number of allylic oxidation sites excluding steroid dienone is 1. The number of phenols is 1. The highest BCUT2D eigenvalue weighted by molar-refractivity contribution is 6.08. The fourth-order valence-electron chi connectivity index (χ4n) is 3.31. The molecule has 0 amide bonds. The first-order valence-corrected chi connectivity index (χ1v) is 9.52. The molecule has 0 radical (unpaired) electrons. The highest BCUT2D eigenvalue weighted by Gasteiger charge is 2.18. The van der Waals surface area contributed by atoms with Crippen LogP contribution in [-0.2, 0) is 6.54 Å². The summed E-state index contributed by atoms with van der Waals surface area (Å²) < 4.78 is 5.70. The number of carbonyl (C=O) groups excluding carboxylic acids is 1. The van der Waals surface area contributed by atoms with E-state index in [1.165, 1.54) is 25.3 Å². The Balaban J connectivity index is 1.84. The van der Waals surface area contributed by atoms with Crippen LogP contribution in [0.4, 0.5) is 0 Å². The van der Waals surface area contributed by atoms with Crippen molar-refractivity contribution in [3.05, 3.63) is 59.4 Å². The molecule has 5 heteroatoms. The fraction of sp³-hybridized carbons (Fsp3) is 0.364. The Hall–Kier alpha value is -2.66. The zero-order valence-corrected chi connectivity index (χ0v) is 15.7. The Morgan fingerprint density at radius 1 is 1.26 bits per heavy atom. The lowest BCUT2D eigenvalue weighted by molar-refractivity contribution is 0.104. The number of hydrogen-bond acceptors (Lipinski definition) is 5. The number of pyridine rings is 1. The maximum atomic E-state index is 12.6. The third-order valence-corrected chi connectivity index (χ3v) is 4.68. The molecule has 1 fully saturated rings. The molecule has 142 valence electrons.